The number of phenolic OH excluding ortho intramolecular Hbond substituents is 1. The number of aryl methyl sites for hydroxylation is 1. The highest BCUT2D eigenvalue weighted by atomic mass is 35.5. The standard InChI is InChI=1S/C26H22ClN3O6S/c1-3-15-11-18(14-22(27)25(15)37(33,34)35)29-30-23-20-10-5-4-7-16(20)12-21(24(23)31)26(32)28-17-8-6-9-19(13-17)36-2/h4-14,31H,3H2,1-2H3,(H,28,32)(H,33,34,35). The van der Waals surface area contributed by atoms with Gasteiger partial charge in [-0.15, -0.1) is 5.11 Å². The molecule has 0 radical (unpaired) electrons. The molecule has 37 heavy (non-hydrogen) atoms. The molecule has 11 heteroatoms. The number of nitrogens with zero attached hydrogens (tertiary/aromatic N) is 2. The molecule has 0 saturated heterocycles. The fourth-order valence-electron chi connectivity index (χ4n) is 3.84. The number of hydrogen-bond acceptors (Lipinski definition) is 7. The topological polar surface area (TPSA) is 138 Å². The van der Waals surface area contributed by atoms with Crippen molar-refractivity contribution in [1.82, 2.24) is 0 Å². The second-order valence-electron chi connectivity index (χ2n) is 7.97. The van der Waals surface area contributed by atoms with Crippen LogP contribution in [0.25, 0.3) is 10.8 Å². The maximum atomic E-state index is 13.1. The highest BCUT2D eigenvalue weighted by Crippen LogP contribution is 2.40. The maximum Gasteiger partial charge on any atom is 0.296 e. The third-order valence-corrected chi connectivity index (χ3v) is 6.99. The number of rotatable bonds is 7. The molecule has 0 aliphatic heterocycles. The van der Waals surface area contributed by atoms with Gasteiger partial charge in [-0.3, -0.25) is 9.35 Å². The van der Waals surface area contributed by atoms with Gasteiger partial charge in [0.2, 0.25) is 0 Å². The van der Waals surface area contributed by atoms with E-state index in [1.807, 2.05) is 0 Å². The van der Waals surface area contributed by atoms with E-state index >= 15 is 0 Å². The Balaban J connectivity index is 1.78. The van der Waals surface area contributed by atoms with E-state index in [1.54, 1.807) is 61.5 Å². The Bertz CT molecular complexity index is 1650. The van der Waals surface area contributed by atoms with Crippen LogP contribution in [0.5, 0.6) is 11.5 Å². The van der Waals surface area contributed by atoms with Gasteiger partial charge < -0.3 is 15.2 Å². The van der Waals surface area contributed by atoms with Crippen molar-refractivity contribution >= 4 is 55.5 Å². The minimum atomic E-state index is -4.54. The first kappa shape index (κ1) is 26.1. The molecule has 0 aliphatic rings. The average molecular weight is 540 g/mol. The number of azo groups is 1. The largest absolute Gasteiger partial charge is 0.505 e. The molecule has 0 atom stereocenters. The van der Waals surface area contributed by atoms with Crippen LogP contribution in [0.15, 0.2) is 81.9 Å². The number of hydrogen-bond donors (Lipinski definition) is 3. The molecule has 0 saturated carbocycles. The number of halogens is 1. The van der Waals surface area contributed by atoms with E-state index in [-0.39, 0.29) is 44.6 Å². The maximum absolute atomic E-state index is 13.1. The number of benzene rings is 4. The van der Waals surface area contributed by atoms with Gasteiger partial charge >= 0.3 is 0 Å². The van der Waals surface area contributed by atoms with Gasteiger partial charge in [0.1, 0.15) is 16.3 Å². The Morgan fingerprint density at radius 2 is 1.81 bits per heavy atom. The number of amides is 1. The number of carbonyl (C=O) groups excluding carboxylic acids is 1. The van der Waals surface area contributed by atoms with Gasteiger partial charge in [-0.2, -0.15) is 13.5 Å². The molecule has 0 unspecified atom stereocenters. The third-order valence-electron chi connectivity index (χ3n) is 5.58. The molecule has 3 N–H and O–H groups in total. The summed E-state index contributed by atoms with van der Waals surface area (Å²) < 4.78 is 38.1. The summed E-state index contributed by atoms with van der Waals surface area (Å²) in [6, 6.07) is 18.0. The number of nitrogens with one attached hydrogen (secondary N) is 1. The normalized spacial score (nSPS) is 11.7. The van der Waals surface area contributed by atoms with E-state index in [4.69, 9.17) is 16.3 Å². The summed E-state index contributed by atoms with van der Waals surface area (Å²) >= 11 is 6.12. The zero-order valence-electron chi connectivity index (χ0n) is 19.8. The molecule has 190 valence electrons. The first-order chi connectivity index (χ1) is 17.6. The average Bonchev–Trinajstić information content (AvgIpc) is 2.86. The summed E-state index contributed by atoms with van der Waals surface area (Å²) in [6.07, 6.45) is 0.256. The lowest BCUT2D eigenvalue weighted by atomic mass is 10.0. The van der Waals surface area contributed by atoms with Crippen LogP contribution in [0.2, 0.25) is 5.02 Å². The lowest BCUT2D eigenvalue weighted by Gasteiger charge is -2.12. The molecule has 0 heterocycles. The van der Waals surface area contributed by atoms with Crippen LogP contribution >= 0.6 is 11.6 Å². The number of methoxy groups -OCH3 is 1. The van der Waals surface area contributed by atoms with Gasteiger partial charge in [0.15, 0.2) is 5.75 Å². The second-order valence-corrected chi connectivity index (χ2v) is 9.74. The molecule has 0 aromatic heterocycles. The monoisotopic (exact) mass is 539 g/mol. The third kappa shape index (κ3) is 5.56. The van der Waals surface area contributed by atoms with Crippen LogP contribution < -0.4 is 10.1 Å². The Morgan fingerprint density at radius 3 is 2.51 bits per heavy atom. The van der Waals surface area contributed by atoms with Crippen LogP contribution in [0, 0.1) is 0 Å². The molecule has 0 bridgehead atoms. The Labute approximate surface area is 218 Å². The van der Waals surface area contributed by atoms with Gasteiger partial charge in [-0.25, -0.2) is 0 Å². The van der Waals surface area contributed by atoms with Gasteiger partial charge in [0.05, 0.1) is 23.4 Å². The summed E-state index contributed by atoms with van der Waals surface area (Å²) in [5.41, 5.74) is 0.945. The van der Waals surface area contributed by atoms with Crippen LogP contribution in [-0.2, 0) is 16.5 Å². The number of aromatic hydroxyl groups is 1. The zero-order chi connectivity index (χ0) is 26.7. The number of fused-ring (bicyclic) bond motifs is 1. The molecule has 4 rings (SSSR count). The number of ether oxygens (including phenoxy) is 1. The zero-order valence-corrected chi connectivity index (χ0v) is 21.3. The summed E-state index contributed by atoms with van der Waals surface area (Å²) in [5.74, 6) is -0.402. The quantitative estimate of drug-likeness (QED) is 0.177. The number of carbonyl (C=O) groups is 1. The minimum Gasteiger partial charge on any atom is -0.505 e. The summed E-state index contributed by atoms with van der Waals surface area (Å²) in [7, 11) is -3.02. The van der Waals surface area contributed by atoms with E-state index in [2.05, 4.69) is 15.5 Å². The van der Waals surface area contributed by atoms with Crippen molar-refractivity contribution in [2.24, 2.45) is 10.2 Å². The molecule has 0 spiro atoms. The fourth-order valence-corrected chi connectivity index (χ4v) is 5.21. The Morgan fingerprint density at radius 1 is 1.05 bits per heavy atom. The van der Waals surface area contributed by atoms with Crippen molar-refractivity contribution in [1.29, 1.82) is 0 Å². The molecule has 9 nitrogen and oxygen atoms in total. The molecule has 4 aromatic carbocycles. The predicted molar refractivity (Wildman–Crippen MR) is 141 cm³/mol. The Hall–Kier alpha value is -3.99. The van der Waals surface area contributed by atoms with E-state index in [0.717, 1.165) is 0 Å². The van der Waals surface area contributed by atoms with Gasteiger partial charge in [0, 0.05) is 17.1 Å². The molecule has 4 aromatic rings. The van der Waals surface area contributed by atoms with Crippen LogP contribution in [0.3, 0.4) is 0 Å². The lowest BCUT2D eigenvalue weighted by molar-refractivity contribution is 0.102. The first-order valence-electron chi connectivity index (χ1n) is 11.0. The molecular weight excluding hydrogens is 518 g/mol. The molecule has 0 aliphatic carbocycles. The molecule has 0 fully saturated rings. The predicted octanol–water partition coefficient (Wildman–Crippen LogP) is 6.68. The summed E-state index contributed by atoms with van der Waals surface area (Å²) in [6.45, 7) is 1.70. The fraction of sp³-hybridized carbons (Fsp3) is 0.115. The van der Waals surface area contributed by atoms with Crippen LogP contribution in [0.4, 0.5) is 17.1 Å². The van der Waals surface area contributed by atoms with Crippen LogP contribution in [0.1, 0.15) is 22.8 Å². The van der Waals surface area contributed by atoms with E-state index in [1.165, 1.54) is 19.2 Å². The van der Waals surface area contributed by atoms with E-state index in [0.29, 0.717) is 22.2 Å². The second kappa shape index (κ2) is 10.6. The molecular formula is C26H22ClN3O6S. The first-order valence-corrected chi connectivity index (χ1v) is 12.9. The lowest BCUT2D eigenvalue weighted by Crippen LogP contribution is -2.12. The Kier molecular flexibility index (Phi) is 7.44. The number of phenols is 1. The van der Waals surface area contributed by atoms with E-state index < -0.39 is 16.0 Å². The SMILES string of the molecule is CCc1cc(N=Nc2c(O)c(C(=O)Nc3cccc(OC)c3)cc3ccccc23)cc(Cl)c1S(=O)(=O)O. The van der Waals surface area contributed by atoms with E-state index in [9.17, 15) is 22.9 Å². The highest BCUT2D eigenvalue weighted by Gasteiger charge is 2.21. The summed E-state index contributed by atoms with van der Waals surface area (Å²) in [5, 5.41) is 23.1. The van der Waals surface area contributed by atoms with Gasteiger partial charge in [-0.05, 0) is 47.7 Å². The summed E-state index contributed by atoms with van der Waals surface area (Å²) in [4.78, 5) is 12.7. The van der Waals surface area contributed by atoms with Crippen molar-refractivity contribution in [2.75, 3.05) is 12.4 Å². The van der Waals surface area contributed by atoms with Crippen molar-refractivity contribution in [2.45, 2.75) is 18.2 Å². The van der Waals surface area contributed by atoms with Crippen molar-refractivity contribution in [3.8, 4) is 11.5 Å². The molecule has 1 amide bonds. The van der Waals surface area contributed by atoms with Crippen LogP contribution in [-0.4, -0.2) is 31.1 Å². The van der Waals surface area contributed by atoms with Crippen molar-refractivity contribution < 1.29 is 27.6 Å². The van der Waals surface area contributed by atoms with Gasteiger partial charge in [0.25, 0.3) is 16.0 Å². The smallest absolute Gasteiger partial charge is 0.296 e. The minimum absolute atomic E-state index is 0.0236. The van der Waals surface area contributed by atoms with Gasteiger partial charge in [-0.1, -0.05) is 48.9 Å². The highest BCUT2D eigenvalue weighted by molar-refractivity contribution is 7.86. The number of anilines is 1. The van der Waals surface area contributed by atoms with Crippen molar-refractivity contribution in [3.05, 3.63) is 82.9 Å². The van der Waals surface area contributed by atoms with Crippen molar-refractivity contribution in [3.63, 3.8) is 0 Å².